The number of benzene rings is 1. The molecule has 5 nitrogen and oxygen atoms in total. The first-order valence-corrected chi connectivity index (χ1v) is 8.20. The third kappa shape index (κ3) is 4.31. The number of amides is 1. The predicted octanol–water partition coefficient (Wildman–Crippen LogP) is 1.29. The van der Waals surface area contributed by atoms with E-state index in [0.717, 1.165) is 6.26 Å². The van der Waals surface area contributed by atoms with Crippen LogP contribution < -0.4 is 5.32 Å². The van der Waals surface area contributed by atoms with Crippen LogP contribution in [0.4, 0.5) is 0 Å². The molecule has 2 N–H and O–H groups in total. The summed E-state index contributed by atoms with van der Waals surface area (Å²) in [6.07, 6.45) is 1.53. The topological polar surface area (TPSA) is 83.5 Å². The maximum Gasteiger partial charge on any atom is 0.252 e. The van der Waals surface area contributed by atoms with E-state index in [-0.39, 0.29) is 17.4 Å². The fourth-order valence-corrected chi connectivity index (χ4v) is 2.44. The number of carbonyl (C=O) groups is 1. The highest BCUT2D eigenvalue weighted by Crippen LogP contribution is 2.17. The Morgan fingerprint density at radius 1 is 1.35 bits per heavy atom. The van der Waals surface area contributed by atoms with Gasteiger partial charge in [-0.25, -0.2) is 8.42 Å². The number of aliphatic hydroxyl groups is 1. The summed E-state index contributed by atoms with van der Waals surface area (Å²) >= 11 is 0. The summed E-state index contributed by atoms with van der Waals surface area (Å²) in [5, 5.41) is 11.8. The molecule has 0 bridgehead atoms. The second-order valence-corrected chi connectivity index (χ2v) is 7.58. The molecule has 0 unspecified atom stereocenters. The molecule has 0 radical (unpaired) electrons. The molecule has 6 heteroatoms. The zero-order valence-corrected chi connectivity index (χ0v) is 13.0. The monoisotopic (exact) mass is 299 g/mol. The largest absolute Gasteiger partial charge is 0.396 e. The number of rotatable bonds is 5. The molecular formula is C14H21NO4S. The molecule has 0 atom stereocenters. The molecule has 0 aromatic heterocycles. The molecule has 1 amide bonds. The van der Waals surface area contributed by atoms with Gasteiger partial charge in [0.25, 0.3) is 5.91 Å². The van der Waals surface area contributed by atoms with Crippen molar-refractivity contribution >= 4 is 15.7 Å². The molecule has 1 aromatic rings. The van der Waals surface area contributed by atoms with Gasteiger partial charge in [-0.3, -0.25) is 4.79 Å². The lowest BCUT2D eigenvalue weighted by Crippen LogP contribution is -2.44. The number of aryl methyl sites for hydroxylation is 1. The molecule has 1 aromatic carbocycles. The van der Waals surface area contributed by atoms with Crippen LogP contribution in [-0.2, 0) is 9.84 Å². The molecule has 20 heavy (non-hydrogen) atoms. The smallest absolute Gasteiger partial charge is 0.252 e. The van der Waals surface area contributed by atoms with Gasteiger partial charge >= 0.3 is 0 Å². The fourth-order valence-electron chi connectivity index (χ4n) is 1.79. The third-order valence-corrected chi connectivity index (χ3v) is 4.18. The van der Waals surface area contributed by atoms with Crippen molar-refractivity contribution in [1.82, 2.24) is 5.32 Å². The Kier molecular flexibility index (Phi) is 4.94. The molecule has 1 rings (SSSR count). The van der Waals surface area contributed by atoms with Crippen LogP contribution in [0.15, 0.2) is 23.1 Å². The predicted molar refractivity (Wildman–Crippen MR) is 77.5 cm³/mol. The Balaban J connectivity index is 3.10. The van der Waals surface area contributed by atoms with Gasteiger partial charge in [-0.15, -0.1) is 0 Å². The van der Waals surface area contributed by atoms with Crippen molar-refractivity contribution in [2.45, 2.75) is 37.6 Å². The highest BCUT2D eigenvalue weighted by Gasteiger charge is 2.22. The normalized spacial score (nSPS) is 12.2. The molecule has 0 aliphatic rings. The van der Waals surface area contributed by atoms with Gasteiger partial charge in [-0.05, 0) is 44.9 Å². The highest BCUT2D eigenvalue weighted by molar-refractivity contribution is 7.90. The molecule has 0 heterocycles. The van der Waals surface area contributed by atoms with Crippen LogP contribution in [0.2, 0.25) is 0 Å². The molecular weight excluding hydrogens is 278 g/mol. The Labute approximate surface area is 119 Å². The van der Waals surface area contributed by atoms with Crippen molar-refractivity contribution in [3.05, 3.63) is 29.3 Å². The Morgan fingerprint density at radius 2 is 1.95 bits per heavy atom. The van der Waals surface area contributed by atoms with E-state index in [1.54, 1.807) is 26.8 Å². The van der Waals surface area contributed by atoms with Gasteiger partial charge in [0, 0.05) is 24.0 Å². The summed E-state index contributed by atoms with van der Waals surface area (Å²) in [4.78, 5) is 12.4. The van der Waals surface area contributed by atoms with E-state index in [9.17, 15) is 13.2 Å². The van der Waals surface area contributed by atoms with Gasteiger partial charge in [-0.2, -0.15) is 0 Å². The first-order chi connectivity index (χ1) is 9.07. The molecule has 0 saturated carbocycles. The van der Waals surface area contributed by atoms with Crippen molar-refractivity contribution < 1.29 is 18.3 Å². The second-order valence-electron chi connectivity index (χ2n) is 5.56. The van der Waals surface area contributed by atoms with E-state index in [0.29, 0.717) is 17.5 Å². The quantitative estimate of drug-likeness (QED) is 0.858. The maximum absolute atomic E-state index is 12.2. The van der Waals surface area contributed by atoms with Crippen molar-refractivity contribution in [2.24, 2.45) is 0 Å². The summed E-state index contributed by atoms with van der Waals surface area (Å²) in [5.41, 5.74) is 0.480. The highest BCUT2D eigenvalue weighted by atomic mass is 32.2. The molecule has 0 saturated heterocycles. The molecule has 0 fully saturated rings. The number of nitrogens with one attached hydrogen (secondary N) is 1. The van der Waals surface area contributed by atoms with Crippen molar-refractivity contribution in [3.8, 4) is 0 Å². The summed E-state index contributed by atoms with van der Waals surface area (Å²) < 4.78 is 23.1. The van der Waals surface area contributed by atoms with E-state index in [4.69, 9.17) is 5.11 Å². The van der Waals surface area contributed by atoms with Gasteiger partial charge in [-0.1, -0.05) is 6.07 Å². The van der Waals surface area contributed by atoms with Crippen LogP contribution in [-0.4, -0.2) is 37.8 Å². The van der Waals surface area contributed by atoms with E-state index in [2.05, 4.69) is 5.32 Å². The van der Waals surface area contributed by atoms with E-state index >= 15 is 0 Å². The minimum atomic E-state index is -3.35. The van der Waals surface area contributed by atoms with Gasteiger partial charge in [0.2, 0.25) is 0 Å². The van der Waals surface area contributed by atoms with Gasteiger partial charge < -0.3 is 10.4 Å². The second kappa shape index (κ2) is 5.93. The van der Waals surface area contributed by atoms with Crippen LogP contribution >= 0.6 is 0 Å². The number of sulfone groups is 1. The van der Waals surface area contributed by atoms with E-state index < -0.39 is 15.4 Å². The first kappa shape index (κ1) is 16.7. The molecule has 0 aliphatic carbocycles. The number of hydrogen-bond donors (Lipinski definition) is 2. The molecule has 112 valence electrons. The average Bonchev–Trinajstić information content (AvgIpc) is 2.26. The van der Waals surface area contributed by atoms with Crippen molar-refractivity contribution in [3.63, 3.8) is 0 Å². The van der Waals surface area contributed by atoms with Crippen molar-refractivity contribution in [2.75, 3.05) is 12.9 Å². The minimum Gasteiger partial charge on any atom is -0.396 e. The lowest BCUT2D eigenvalue weighted by Gasteiger charge is -2.25. The number of carbonyl (C=O) groups excluding carboxylic acids is 1. The zero-order chi connectivity index (χ0) is 15.6. The Bertz CT molecular complexity index is 606. The van der Waals surface area contributed by atoms with Gasteiger partial charge in [0.1, 0.15) is 0 Å². The first-order valence-electron chi connectivity index (χ1n) is 6.31. The number of hydrogen-bond acceptors (Lipinski definition) is 4. The standard InChI is InChI=1S/C14H21NO4S/c1-10-5-6-11(20(4,18)19)9-12(10)13(17)15-14(2,3)7-8-16/h5-6,9,16H,7-8H2,1-4H3,(H,15,17). The lowest BCUT2D eigenvalue weighted by molar-refractivity contribution is 0.0898. The summed E-state index contributed by atoms with van der Waals surface area (Å²) in [6.45, 7) is 5.32. The van der Waals surface area contributed by atoms with E-state index in [1.165, 1.54) is 12.1 Å². The zero-order valence-electron chi connectivity index (χ0n) is 12.2. The Morgan fingerprint density at radius 3 is 2.45 bits per heavy atom. The van der Waals surface area contributed by atoms with Crippen LogP contribution in [0.25, 0.3) is 0 Å². The van der Waals surface area contributed by atoms with Gasteiger partial charge in [0.15, 0.2) is 9.84 Å². The Hall–Kier alpha value is -1.40. The van der Waals surface area contributed by atoms with Gasteiger partial charge in [0.05, 0.1) is 4.90 Å². The van der Waals surface area contributed by atoms with Crippen LogP contribution in [0, 0.1) is 6.92 Å². The van der Waals surface area contributed by atoms with Crippen LogP contribution in [0.5, 0.6) is 0 Å². The van der Waals surface area contributed by atoms with Crippen LogP contribution in [0.3, 0.4) is 0 Å². The third-order valence-electron chi connectivity index (χ3n) is 3.07. The van der Waals surface area contributed by atoms with Crippen LogP contribution in [0.1, 0.15) is 36.2 Å². The number of aliphatic hydroxyl groups excluding tert-OH is 1. The summed E-state index contributed by atoms with van der Waals surface area (Å²) in [5.74, 6) is -0.341. The summed E-state index contributed by atoms with van der Waals surface area (Å²) in [7, 11) is -3.35. The molecule has 0 aliphatic heterocycles. The SMILES string of the molecule is Cc1ccc(S(C)(=O)=O)cc1C(=O)NC(C)(C)CCO. The lowest BCUT2D eigenvalue weighted by atomic mass is 9.99. The minimum absolute atomic E-state index is 0.0321. The fraction of sp³-hybridized carbons (Fsp3) is 0.500. The maximum atomic E-state index is 12.2. The average molecular weight is 299 g/mol. The van der Waals surface area contributed by atoms with E-state index in [1.807, 2.05) is 0 Å². The van der Waals surface area contributed by atoms with Crippen molar-refractivity contribution in [1.29, 1.82) is 0 Å². The summed E-state index contributed by atoms with van der Waals surface area (Å²) in [6, 6.07) is 4.49. The molecule has 0 spiro atoms.